The number of rotatable bonds is 3. The van der Waals surface area contributed by atoms with E-state index in [1.54, 1.807) is 12.1 Å². The number of fused-ring (bicyclic) bond motifs is 1. The van der Waals surface area contributed by atoms with Gasteiger partial charge in [0.15, 0.2) is 0 Å². The van der Waals surface area contributed by atoms with Crippen molar-refractivity contribution in [1.82, 2.24) is 19.4 Å². The number of aliphatic hydroxyl groups is 1. The first-order valence-corrected chi connectivity index (χ1v) is 9.27. The molecule has 1 atom stereocenters. The Morgan fingerprint density at radius 2 is 1.69 bits per heavy atom. The summed E-state index contributed by atoms with van der Waals surface area (Å²) in [4.78, 5) is 19.7. The summed E-state index contributed by atoms with van der Waals surface area (Å²) in [5.74, 6) is 0. The number of aromatic amines is 1. The van der Waals surface area contributed by atoms with Gasteiger partial charge in [-0.2, -0.15) is 13.2 Å². The lowest BCUT2D eigenvalue weighted by Crippen LogP contribution is -2.46. The Hall–Kier alpha value is -2.62. The van der Waals surface area contributed by atoms with Gasteiger partial charge in [0.25, 0.3) is 5.56 Å². The van der Waals surface area contributed by atoms with Crippen molar-refractivity contribution in [2.75, 3.05) is 33.2 Å². The number of likely N-dealkylation sites (N-methyl/N-ethyl adjacent to an activating group) is 1. The van der Waals surface area contributed by atoms with Crippen LogP contribution >= 0.6 is 0 Å². The van der Waals surface area contributed by atoms with Gasteiger partial charge in [0.1, 0.15) is 11.9 Å². The van der Waals surface area contributed by atoms with E-state index in [1.165, 1.54) is 22.8 Å². The molecule has 3 heterocycles. The van der Waals surface area contributed by atoms with Crippen LogP contribution in [0.15, 0.2) is 47.3 Å². The summed E-state index contributed by atoms with van der Waals surface area (Å²) in [6, 6.07) is 9.18. The normalized spacial score (nSPS) is 17.7. The van der Waals surface area contributed by atoms with Crippen molar-refractivity contribution in [1.29, 1.82) is 0 Å². The second kappa shape index (κ2) is 7.33. The molecule has 9 heteroatoms. The van der Waals surface area contributed by atoms with Crippen LogP contribution in [0.25, 0.3) is 16.7 Å². The zero-order valence-electron chi connectivity index (χ0n) is 15.8. The molecule has 0 amide bonds. The van der Waals surface area contributed by atoms with E-state index in [-0.39, 0.29) is 5.56 Å². The molecule has 29 heavy (non-hydrogen) atoms. The Morgan fingerprint density at radius 3 is 2.31 bits per heavy atom. The number of piperazine rings is 1. The van der Waals surface area contributed by atoms with Crippen molar-refractivity contribution in [2.45, 2.75) is 12.4 Å². The Morgan fingerprint density at radius 1 is 1.03 bits per heavy atom. The summed E-state index contributed by atoms with van der Waals surface area (Å²) in [6.45, 7) is 3.10. The predicted octanol–water partition coefficient (Wildman–Crippen LogP) is 2.58. The van der Waals surface area contributed by atoms with Gasteiger partial charge >= 0.3 is 6.18 Å². The third-order valence-corrected chi connectivity index (χ3v) is 5.31. The first-order valence-electron chi connectivity index (χ1n) is 9.27. The highest BCUT2D eigenvalue weighted by molar-refractivity contribution is 5.78. The zero-order chi connectivity index (χ0) is 20.8. The number of benzene rings is 1. The van der Waals surface area contributed by atoms with E-state index < -0.39 is 18.0 Å². The van der Waals surface area contributed by atoms with Crippen molar-refractivity contribution in [3.05, 3.63) is 64.1 Å². The number of pyridine rings is 1. The van der Waals surface area contributed by atoms with Gasteiger partial charge in [-0.1, -0.05) is 0 Å². The maximum absolute atomic E-state index is 12.8. The third-order valence-electron chi connectivity index (χ3n) is 5.31. The lowest BCUT2D eigenvalue weighted by molar-refractivity contribution is -0.137. The lowest BCUT2D eigenvalue weighted by Gasteiger charge is -2.35. The highest BCUT2D eigenvalue weighted by Gasteiger charge is 2.30. The highest BCUT2D eigenvalue weighted by atomic mass is 19.4. The minimum Gasteiger partial charge on any atom is -0.373 e. The molecular weight excluding hydrogens is 385 g/mol. The lowest BCUT2D eigenvalue weighted by atomic mass is 10.2. The van der Waals surface area contributed by atoms with E-state index in [0.29, 0.717) is 35.5 Å². The molecule has 2 N–H and O–H groups in total. The fourth-order valence-corrected chi connectivity index (χ4v) is 3.60. The van der Waals surface area contributed by atoms with Crippen molar-refractivity contribution in [2.24, 2.45) is 0 Å². The van der Waals surface area contributed by atoms with E-state index in [0.717, 1.165) is 25.2 Å². The van der Waals surface area contributed by atoms with Gasteiger partial charge in [-0.3, -0.25) is 14.3 Å². The molecule has 0 radical (unpaired) electrons. The summed E-state index contributed by atoms with van der Waals surface area (Å²) >= 11 is 0. The molecule has 0 aliphatic carbocycles. The molecular formula is C20H21F3N4O2. The van der Waals surface area contributed by atoms with Crippen LogP contribution in [0.4, 0.5) is 13.2 Å². The molecule has 6 nitrogen and oxygen atoms in total. The molecule has 4 rings (SSSR count). The fourth-order valence-electron chi connectivity index (χ4n) is 3.60. The van der Waals surface area contributed by atoms with E-state index in [2.05, 4.69) is 9.88 Å². The number of aliphatic hydroxyl groups excluding tert-OH is 1. The smallest absolute Gasteiger partial charge is 0.373 e. The Kier molecular flexibility index (Phi) is 4.97. The van der Waals surface area contributed by atoms with Crippen LogP contribution < -0.4 is 5.56 Å². The van der Waals surface area contributed by atoms with Crippen LogP contribution in [-0.4, -0.2) is 57.7 Å². The van der Waals surface area contributed by atoms with E-state index in [9.17, 15) is 23.1 Å². The van der Waals surface area contributed by atoms with Gasteiger partial charge in [-0.15, -0.1) is 0 Å². The van der Waals surface area contributed by atoms with Crippen molar-refractivity contribution < 1.29 is 18.3 Å². The third kappa shape index (κ3) is 3.81. The number of hydrogen-bond donors (Lipinski definition) is 2. The van der Waals surface area contributed by atoms with E-state index in [1.807, 2.05) is 11.9 Å². The number of alkyl halides is 3. The van der Waals surface area contributed by atoms with Gasteiger partial charge in [0.2, 0.25) is 0 Å². The van der Waals surface area contributed by atoms with Gasteiger partial charge in [0.05, 0.1) is 16.9 Å². The first-order chi connectivity index (χ1) is 13.7. The van der Waals surface area contributed by atoms with Crippen LogP contribution in [0.5, 0.6) is 0 Å². The monoisotopic (exact) mass is 406 g/mol. The SMILES string of the molecule is CN1CCN(C(O)c2cc3ccc(=O)n(-c4ccc(C(F)(F)F)cc4)c3[nH]2)CC1. The minimum absolute atomic E-state index is 0.316. The topological polar surface area (TPSA) is 64.5 Å². The van der Waals surface area contributed by atoms with E-state index >= 15 is 0 Å². The maximum Gasteiger partial charge on any atom is 0.416 e. The average molecular weight is 406 g/mol. The highest BCUT2D eigenvalue weighted by Crippen LogP contribution is 2.30. The summed E-state index contributed by atoms with van der Waals surface area (Å²) in [5.41, 5.74) is 0.131. The Balaban J connectivity index is 1.72. The van der Waals surface area contributed by atoms with Crippen LogP contribution in [0, 0.1) is 0 Å². The summed E-state index contributed by atoms with van der Waals surface area (Å²) < 4.78 is 39.8. The molecule has 1 aliphatic rings. The van der Waals surface area contributed by atoms with Crippen LogP contribution in [0.2, 0.25) is 0 Å². The van der Waals surface area contributed by atoms with Crippen molar-refractivity contribution in [3.63, 3.8) is 0 Å². The second-order valence-corrected chi connectivity index (χ2v) is 7.29. The molecule has 1 saturated heterocycles. The average Bonchev–Trinajstić information content (AvgIpc) is 3.11. The summed E-state index contributed by atoms with van der Waals surface area (Å²) in [7, 11) is 2.02. The van der Waals surface area contributed by atoms with Gasteiger partial charge in [-0.05, 0) is 43.4 Å². The van der Waals surface area contributed by atoms with Crippen LogP contribution in [-0.2, 0) is 6.18 Å². The number of nitrogens with zero attached hydrogens (tertiary/aromatic N) is 3. The molecule has 1 unspecified atom stereocenters. The van der Waals surface area contributed by atoms with Gasteiger partial charge < -0.3 is 15.0 Å². The first kappa shape index (κ1) is 19.7. The Bertz CT molecular complexity index is 1060. The second-order valence-electron chi connectivity index (χ2n) is 7.29. The number of H-pyrrole nitrogens is 1. The molecule has 1 aliphatic heterocycles. The maximum atomic E-state index is 12.8. The largest absolute Gasteiger partial charge is 0.416 e. The number of halogens is 3. The van der Waals surface area contributed by atoms with E-state index in [4.69, 9.17) is 0 Å². The van der Waals surface area contributed by atoms with Crippen LogP contribution in [0.1, 0.15) is 17.5 Å². The molecule has 0 spiro atoms. The number of hydrogen-bond acceptors (Lipinski definition) is 4. The molecule has 3 aromatic rings. The fraction of sp³-hybridized carbons (Fsp3) is 0.350. The minimum atomic E-state index is -4.44. The van der Waals surface area contributed by atoms with Gasteiger partial charge in [0, 0.05) is 37.6 Å². The molecule has 154 valence electrons. The summed E-state index contributed by atoms with van der Waals surface area (Å²) in [6.07, 6.45) is -5.30. The molecule has 0 saturated carbocycles. The predicted molar refractivity (Wildman–Crippen MR) is 103 cm³/mol. The van der Waals surface area contributed by atoms with Crippen molar-refractivity contribution in [3.8, 4) is 5.69 Å². The molecule has 1 aromatic carbocycles. The number of nitrogens with one attached hydrogen (secondary N) is 1. The van der Waals surface area contributed by atoms with Crippen LogP contribution in [0.3, 0.4) is 0 Å². The number of aromatic nitrogens is 2. The Labute approximate surface area is 164 Å². The van der Waals surface area contributed by atoms with Crippen molar-refractivity contribution >= 4 is 11.0 Å². The standard InChI is InChI=1S/C20H21F3N4O2/c1-25-8-10-26(11-9-25)19(29)16-12-13-2-7-17(28)27(18(13)24-16)15-5-3-14(4-6-15)20(21,22)23/h2-7,12,19,24,29H,8-11H2,1H3. The quantitative estimate of drug-likeness (QED) is 0.702. The summed E-state index contributed by atoms with van der Waals surface area (Å²) in [5, 5.41) is 11.4. The zero-order valence-corrected chi connectivity index (χ0v) is 15.8. The molecule has 1 fully saturated rings. The molecule has 2 aromatic heterocycles. The van der Waals surface area contributed by atoms with Gasteiger partial charge in [-0.25, -0.2) is 0 Å². The molecule has 0 bridgehead atoms.